The molecule has 3 heterocycles. The molecule has 1 aromatic carbocycles. The van der Waals surface area contributed by atoms with E-state index >= 15 is 0 Å². The number of H-pyrrole nitrogens is 3. The second kappa shape index (κ2) is 6.48. The van der Waals surface area contributed by atoms with E-state index in [4.69, 9.17) is 14.2 Å². The number of hydrogen-bond donors (Lipinski definition) is 4. The normalized spacial score (nSPS) is 14.6. The van der Waals surface area contributed by atoms with Crippen molar-refractivity contribution in [2.24, 2.45) is 0 Å². The Labute approximate surface area is 158 Å². The van der Waals surface area contributed by atoms with Crippen molar-refractivity contribution < 1.29 is 14.2 Å². The van der Waals surface area contributed by atoms with Crippen molar-refractivity contribution >= 4 is 11.6 Å². The predicted molar refractivity (Wildman–Crippen MR) is 101 cm³/mol. The van der Waals surface area contributed by atoms with Crippen molar-refractivity contribution in [1.29, 1.82) is 0 Å². The van der Waals surface area contributed by atoms with Crippen molar-refractivity contribution in [3.05, 3.63) is 55.4 Å². The standard InChI is InChI=1S/C18H19N5O5/c1-7-12-13(8-5-10(27-3)11(28-4)6-9(8)26-2)14-15(19-16(12)23-22-7)20-18(25)21-17(14)24/h5-6,13H,1-4H3,(H4,19,20,21,22,23,24,25)/t13-/m1/s1. The summed E-state index contributed by atoms with van der Waals surface area (Å²) in [5.74, 6) is 1.74. The Morgan fingerprint density at radius 3 is 2.29 bits per heavy atom. The number of nitrogens with zero attached hydrogens (tertiary/aromatic N) is 1. The average Bonchev–Trinajstić information content (AvgIpc) is 3.05. The molecule has 2 aromatic heterocycles. The van der Waals surface area contributed by atoms with Crippen LogP contribution >= 0.6 is 0 Å². The van der Waals surface area contributed by atoms with Crippen molar-refractivity contribution in [1.82, 2.24) is 20.2 Å². The number of nitrogens with one attached hydrogen (secondary N) is 4. The molecule has 1 atom stereocenters. The minimum Gasteiger partial charge on any atom is -0.496 e. The number of fused-ring (bicyclic) bond motifs is 2. The number of hydrogen-bond acceptors (Lipinski definition) is 7. The molecule has 10 heteroatoms. The minimum absolute atomic E-state index is 0.287. The van der Waals surface area contributed by atoms with Gasteiger partial charge in [-0.05, 0) is 13.0 Å². The van der Waals surface area contributed by atoms with E-state index < -0.39 is 17.2 Å². The summed E-state index contributed by atoms with van der Waals surface area (Å²) >= 11 is 0. The molecule has 0 spiro atoms. The molecule has 0 saturated carbocycles. The van der Waals surface area contributed by atoms with E-state index in [1.165, 1.54) is 21.3 Å². The molecule has 4 rings (SSSR count). The topological polar surface area (TPSA) is 134 Å². The molecule has 0 fully saturated rings. The lowest BCUT2D eigenvalue weighted by molar-refractivity contribution is 0.347. The minimum atomic E-state index is -0.606. The molecule has 146 valence electrons. The number of methoxy groups -OCH3 is 3. The van der Waals surface area contributed by atoms with E-state index in [1.807, 2.05) is 6.92 Å². The summed E-state index contributed by atoms with van der Waals surface area (Å²) in [6.07, 6.45) is 0. The van der Waals surface area contributed by atoms with Crippen LogP contribution in [-0.2, 0) is 0 Å². The number of benzene rings is 1. The van der Waals surface area contributed by atoms with Crippen LogP contribution in [0.5, 0.6) is 17.2 Å². The highest BCUT2D eigenvalue weighted by Crippen LogP contribution is 2.48. The van der Waals surface area contributed by atoms with Crippen LogP contribution in [0.3, 0.4) is 0 Å². The lowest BCUT2D eigenvalue weighted by Gasteiger charge is -2.27. The molecule has 0 bridgehead atoms. The third-order valence-electron chi connectivity index (χ3n) is 4.84. The highest BCUT2D eigenvalue weighted by atomic mass is 16.5. The second-order valence-electron chi connectivity index (χ2n) is 6.31. The maximum absolute atomic E-state index is 12.7. The van der Waals surface area contributed by atoms with E-state index in [9.17, 15) is 9.59 Å². The Morgan fingerprint density at radius 1 is 0.929 bits per heavy atom. The Bertz CT molecular complexity index is 1180. The van der Waals surface area contributed by atoms with Gasteiger partial charge in [0.25, 0.3) is 5.56 Å². The highest BCUT2D eigenvalue weighted by Gasteiger charge is 2.36. The number of aromatic nitrogens is 4. The van der Waals surface area contributed by atoms with E-state index in [1.54, 1.807) is 12.1 Å². The van der Waals surface area contributed by atoms with Gasteiger partial charge in [0.15, 0.2) is 17.3 Å². The van der Waals surface area contributed by atoms with Crippen LogP contribution < -0.4 is 30.8 Å². The Balaban J connectivity index is 2.07. The molecule has 0 saturated heterocycles. The zero-order valence-corrected chi connectivity index (χ0v) is 15.7. The highest BCUT2D eigenvalue weighted by molar-refractivity contribution is 5.72. The number of rotatable bonds is 4. The SMILES string of the molecule is COc1cc(OC)c([C@@H]2c3c(n[nH]c3C)Nc3[nH]c(=O)[nH]c(=O)c32)cc1OC. The zero-order valence-electron chi connectivity index (χ0n) is 15.7. The van der Waals surface area contributed by atoms with E-state index in [2.05, 4.69) is 25.5 Å². The molecule has 4 N–H and O–H groups in total. The Morgan fingerprint density at radius 2 is 1.61 bits per heavy atom. The van der Waals surface area contributed by atoms with Gasteiger partial charge in [-0.1, -0.05) is 0 Å². The van der Waals surface area contributed by atoms with Gasteiger partial charge in [0.1, 0.15) is 11.6 Å². The lowest BCUT2D eigenvalue weighted by atomic mass is 9.83. The van der Waals surface area contributed by atoms with Crippen LogP contribution in [0.1, 0.15) is 28.3 Å². The molecular weight excluding hydrogens is 366 g/mol. The first kappa shape index (κ1) is 17.7. The van der Waals surface area contributed by atoms with Gasteiger partial charge in [0.05, 0.1) is 32.8 Å². The van der Waals surface area contributed by atoms with Gasteiger partial charge in [-0.2, -0.15) is 5.10 Å². The van der Waals surface area contributed by atoms with E-state index in [0.29, 0.717) is 34.2 Å². The first-order valence-corrected chi connectivity index (χ1v) is 8.46. The number of ether oxygens (including phenoxy) is 3. The largest absolute Gasteiger partial charge is 0.496 e. The molecule has 0 aliphatic carbocycles. The molecule has 1 aliphatic heterocycles. The first-order chi connectivity index (χ1) is 13.5. The van der Waals surface area contributed by atoms with Gasteiger partial charge < -0.3 is 19.5 Å². The van der Waals surface area contributed by atoms with Crippen molar-refractivity contribution in [3.8, 4) is 17.2 Å². The summed E-state index contributed by atoms with van der Waals surface area (Å²) in [5, 5.41) is 10.2. The van der Waals surface area contributed by atoms with E-state index in [-0.39, 0.29) is 5.82 Å². The van der Waals surface area contributed by atoms with Gasteiger partial charge in [-0.3, -0.25) is 19.9 Å². The number of anilines is 2. The van der Waals surface area contributed by atoms with Crippen molar-refractivity contribution in [3.63, 3.8) is 0 Å². The zero-order chi connectivity index (χ0) is 20.0. The van der Waals surface area contributed by atoms with Crippen LogP contribution in [0.15, 0.2) is 21.7 Å². The fraction of sp³-hybridized carbons (Fsp3) is 0.278. The molecule has 0 amide bonds. The van der Waals surface area contributed by atoms with Crippen LogP contribution in [-0.4, -0.2) is 41.5 Å². The average molecular weight is 385 g/mol. The maximum atomic E-state index is 12.7. The van der Waals surface area contributed by atoms with Gasteiger partial charge in [0.2, 0.25) is 0 Å². The quantitative estimate of drug-likeness (QED) is 0.417. The molecule has 3 aromatic rings. The summed E-state index contributed by atoms with van der Waals surface area (Å²) in [6, 6.07) is 3.46. The number of aromatic amines is 3. The van der Waals surface area contributed by atoms with Crippen LogP contribution in [0, 0.1) is 6.92 Å². The molecular formula is C18H19N5O5. The summed E-state index contributed by atoms with van der Waals surface area (Å²) in [6.45, 7) is 1.86. The first-order valence-electron chi connectivity index (χ1n) is 8.46. The molecule has 10 nitrogen and oxygen atoms in total. The van der Waals surface area contributed by atoms with E-state index in [0.717, 1.165) is 11.3 Å². The summed E-state index contributed by atoms with van der Waals surface area (Å²) in [4.78, 5) is 29.5. The molecule has 28 heavy (non-hydrogen) atoms. The smallest absolute Gasteiger partial charge is 0.327 e. The Hall–Kier alpha value is -3.69. The van der Waals surface area contributed by atoms with Gasteiger partial charge >= 0.3 is 5.69 Å². The monoisotopic (exact) mass is 385 g/mol. The molecule has 0 unspecified atom stereocenters. The summed E-state index contributed by atoms with van der Waals surface area (Å²) in [5.41, 5.74) is 1.47. The maximum Gasteiger partial charge on any atom is 0.327 e. The Kier molecular flexibility index (Phi) is 4.10. The van der Waals surface area contributed by atoms with Crippen LogP contribution in [0.2, 0.25) is 0 Å². The number of aryl methyl sites for hydroxylation is 1. The van der Waals surface area contributed by atoms with Crippen molar-refractivity contribution in [2.45, 2.75) is 12.8 Å². The summed E-state index contributed by atoms with van der Waals surface area (Å²) in [7, 11) is 4.60. The molecule has 0 radical (unpaired) electrons. The fourth-order valence-corrected chi connectivity index (χ4v) is 3.61. The van der Waals surface area contributed by atoms with Crippen molar-refractivity contribution in [2.75, 3.05) is 26.6 Å². The summed E-state index contributed by atoms with van der Waals surface area (Å²) < 4.78 is 16.4. The van der Waals surface area contributed by atoms with Gasteiger partial charge in [-0.15, -0.1) is 0 Å². The van der Waals surface area contributed by atoms with Crippen LogP contribution in [0.4, 0.5) is 11.6 Å². The van der Waals surface area contributed by atoms with Gasteiger partial charge in [0, 0.05) is 22.9 Å². The fourth-order valence-electron chi connectivity index (χ4n) is 3.61. The third-order valence-corrected chi connectivity index (χ3v) is 4.84. The predicted octanol–water partition coefficient (Wildman–Crippen LogP) is 1.36. The molecule has 1 aliphatic rings. The third kappa shape index (κ3) is 2.53. The lowest BCUT2D eigenvalue weighted by Crippen LogP contribution is -2.32. The second-order valence-corrected chi connectivity index (χ2v) is 6.31. The van der Waals surface area contributed by atoms with Gasteiger partial charge in [-0.25, -0.2) is 4.79 Å². The van der Waals surface area contributed by atoms with Crippen LogP contribution in [0.25, 0.3) is 0 Å².